The molecule has 1 atom stereocenters. The monoisotopic (exact) mass is 365 g/mol. The van der Waals surface area contributed by atoms with Crippen LogP contribution in [0.4, 0.5) is 0 Å². The number of methoxy groups -OCH3 is 1. The minimum absolute atomic E-state index is 0.298. The van der Waals surface area contributed by atoms with Crippen LogP contribution < -0.4 is 15.4 Å². The average Bonchev–Trinajstić information content (AvgIpc) is 2.65. The van der Waals surface area contributed by atoms with E-state index in [0.717, 1.165) is 18.7 Å². The molecular formula is C23H34BN2O. The molecule has 0 saturated heterocycles. The van der Waals surface area contributed by atoms with Crippen molar-refractivity contribution in [3.8, 4) is 5.75 Å². The van der Waals surface area contributed by atoms with Crippen LogP contribution in [0.1, 0.15) is 51.2 Å². The minimum atomic E-state index is 0.298. The highest BCUT2D eigenvalue weighted by Gasteiger charge is 2.22. The number of rotatable bonds is 10. The molecule has 1 N–H and O–H groups in total. The lowest BCUT2D eigenvalue weighted by atomic mass is 9.79. The van der Waals surface area contributed by atoms with Gasteiger partial charge in [0.1, 0.15) is 5.75 Å². The van der Waals surface area contributed by atoms with Crippen molar-refractivity contribution < 1.29 is 4.74 Å². The summed E-state index contributed by atoms with van der Waals surface area (Å²) in [6.07, 6.45) is 1.06. The van der Waals surface area contributed by atoms with Crippen LogP contribution in [0.2, 0.25) is 0 Å². The predicted molar refractivity (Wildman–Crippen MR) is 117 cm³/mol. The van der Waals surface area contributed by atoms with Gasteiger partial charge in [0.25, 0.3) is 0 Å². The lowest BCUT2D eigenvalue weighted by molar-refractivity contribution is 0.170. The molecule has 0 aliphatic rings. The van der Waals surface area contributed by atoms with Gasteiger partial charge < -0.3 is 9.96 Å². The fourth-order valence-electron chi connectivity index (χ4n) is 3.86. The maximum atomic E-state index is 5.73. The largest absolute Gasteiger partial charge is 0.496 e. The van der Waals surface area contributed by atoms with E-state index in [1.807, 2.05) is 14.5 Å². The Kier molecular flexibility index (Phi) is 8.40. The minimum Gasteiger partial charge on any atom is -0.496 e. The Bertz CT molecular complexity index is 680. The molecule has 0 aromatic heterocycles. The van der Waals surface area contributed by atoms with E-state index in [1.165, 1.54) is 16.6 Å². The molecule has 2 aromatic rings. The number of hydrogen-bond donors (Lipinski definition) is 1. The molecule has 0 heterocycles. The number of ether oxygens (including phenoxy) is 1. The normalized spacial score (nSPS) is 12.6. The van der Waals surface area contributed by atoms with Crippen LogP contribution in [0, 0.1) is 0 Å². The molecule has 1 radical (unpaired) electrons. The summed E-state index contributed by atoms with van der Waals surface area (Å²) in [7, 11) is 5.72. The van der Waals surface area contributed by atoms with Crippen LogP contribution in [0.15, 0.2) is 48.5 Å². The summed E-state index contributed by atoms with van der Waals surface area (Å²) in [5, 5.41) is 3.13. The van der Waals surface area contributed by atoms with Crippen molar-refractivity contribution in [3.63, 3.8) is 0 Å². The number of hydrogen-bond acceptors (Lipinski definition) is 3. The molecule has 2 aromatic carbocycles. The fourth-order valence-corrected chi connectivity index (χ4v) is 3.86. The van der Waals surface area contributed by atoms with E-state index in [1.54, 1.807) is 7.11 Å². The van der Waals surface area contributed by atoms with Crippen molar-refractivity contribution in [2.24, 2.45) is 0 Å². The third-order valence-electron chi connectivity index (χ3n) is 5.14. The van der Waals surface area contributed by atoms with Crippen molar-refractivity contribution in [1.82, 2.24) is 10.1 Å². The molecule has 4 heteroatoms. The van der Waals surface area contributed by atoms with Crippen molar-refractivity contribution in [2.75, 3.05) is 20.7 Å². The zero-order chi connectivity index (χ0) is 19.8. The van der Waals surface area contributed by atoms with Crippen LogP contribution in [0.3, 0.4) is 0 Å². The van der Waals surface area contributed by atoms with Gasteiger partial charge in [0.05, 0.1) is 7.11 Å². The van der Waals surface area contributed by atoms with E-state index in [4.69, 9.17) is 4.74 Å². The van der Waals surface area contributed by atoms with Crippen molar-refractivity contribution in [2.45, 2.75) is 52.1 Å². The van der Waals surface area contributed by atoms with Gasteiger partial charge >= 0.3 is 0 Å². The van der Waals surface area contributed by atoms with E-state index in [2.05, 4.69) is 86.4 Å². The molecule has 0 spiro atoms. The highest BCUT2D eigenvalue weighted by atomic mass is 16.5. The molecule has 3 nitrogen and oxygen atoms in total. The smallest absolute Gasteiger partial charge is 0.244 e. The van der Waals surface area contributed by atoms with E-state index in [0.29, 0.717) is 18.0 Å². The standard InChI is InChI=1S/C23H34BN2O/c1-17(2)26(18(3)4)15-14-21(19-10-8-7-9-11-19)22-16-20(24-25-5)12-13-23(22)27-6/h7-13,16-18,21,25H,14-15H2,1-6H3/t21-/m1/s1. The van der Waals surface area contributed by atoms with E-state index >= 15 is 0 Å². The summed E-state index contributed by atoms with van der Waals surface area (Å²) in [5.74, 6) is 1.25. The van der Waals surface area contributed by atoms with E-state index in [9.17, 15) is 0 Å². The van der Waals surface area contributed by atoms with Gasteiger partial charge in [-0.25, -0.2) is 0 Å². The quantitative estimate of drug-likeness (QED) is 0.648. The first-order valence-corrected chi connectivity index (χ1v) is 9.97. The molecule has 2 rings (SSSR count). The Labute approximate surface area is 166 Å². The molecule has 0 aliphatic carbocycles. The van der Waals surface area contributed by atoms with Gasteiger partial charge in [0.2, 0.25) is 7.41 Å². The Morgan fingerprint density at radius 3 is 2.22 bits per heavy atom. The van der Waals surface area contributed by atoms with Crippen LogP contribution >= 0.6 is 0 Å². The third kappa shape index (κ3) is 5.85. The van der Waals surface area contributed by atoms with Crippen LogP contribution in [-0.4, -0.2) is 45.1 Å². The van der Waals surface area contributed by atoms with Crippen LogP contribution in [0.25, 0.3) is 0 Å². The summed E-state index contributed by atoms with van der Waals surface area (Å²) in [5.41, 5.74) is 3.75. The molecule has 0 saturated carbocycles. The molecule has 0 bridgehead atoms. The summed E-state index contributed by atoms with van der Waals surface area (Å²) in [4.78, 5) is 2.56. The number of nitrogens with one attached hydrogen (secondary N) is 1. The van der Waals surface area contributed by atoms with Gasteiger partial charge in [0.15, 0.2) is 0 Å². The maximum Gasteiger partial charge on any atom is 0.244 e. The van der Waals surface area contributed by atoms with Gasteiger partial charge in [-0.2, -0.15) is 0 Å². The maximum absolute atomic E-state index is 5.73. The Hall–Kier alpha value is -1.78. The van der Waals surface area contributed by atoms with Crippen LogP contribution in [0.5, 0.6) is 5.75 Å². The first-order valence-electron chi connectivity index (χ1n) is 9.97. The Morgan fingerprint density at radius 1 is 1.00 bits per heavy atom. The topological polar surface area (TPSA) is 24.5 Å². The summed E-state index contributed by atoms with van der Waals surface area (Å²) in [6, 6.07) is 18.3. The molecule has 0 aliphatic heterocycles. The number of benzene rings is 2. The van der Waals surface area contributed by atoms with Crippen molar-refractivity contribution >= 4 is 12.9 Å². The number of nitrogens with zero attached hydrogens (tertiary/aromatic N) is 1. The molecule has 0 fully saturated rings. The SMILES string of the molecule is CN[B]c1ccc(OC)c([C@H](CCN(C(C)C)C(C)C)c2ccccc2)c1. The lowest BCUT2D eigenvalue weighted by Crippen LogP contribution is -2.38. The van der Waals surface area contributed by atoms with Gasteiger partial charge in [-0.1, -0.05) is 47.9 Å². The average molecular weight is 365 g/mol. The van der Waals surface area contributed by atoms with Crippen molar-refractivity contribution in [1.29, 1.82) is 0 Å². The van der Waals surface area contributed by atoms with E-state index in [-0.39, 0.29) is 0 Å². The summed E-state index contributed by atoms with van der Waals surface area (Å²) >= 11 is 0. The van der Waals surface area contributed by atoms with Crippen LogP contribution in [-0.2, 0) is 0 Å². The van der Waals surface area contributed by atoms with Gasteiger partial charge in [-0.3, -0.25) is 4.90 Å². The second kappa shape index (κ2) is 10.5. The molecule has 0 amide bonds. The Balaban J connectivity index is 2.40. The lowest BCUT2D eigenvalue weighted by Gasteiger charge is -2.32. The summed E-state index contributed by atoms with van der Waals surface area (Å²) in [6.45, 7) is 10.2. The van der Waals surface area contributed by atoms with Gasteiger partial charge in [0, 0.05) is 23.6 Å². The second-order valence-corrected chi connectivity index (χ2v) is 7.61. The highest BCUT2D eigenvalue weighted by Crippen LogP contribution is 2.34. The molecule has 27 heavy (non-hydrogen) atoms. The third-order valence-corrected chi connectivity index (χ3v) is 5.14. The van der Waals surface area contributed by atoms with Gasteiger partial charge in [-0.05, 0) is 59.3 Å². The zero-order valence-corrected chi connectivity index (χ0v) is 17.7. The molecule has 145 valence electrons. The highest BCUT2D eigenvalue weighted by molar-refractivity contribution is 6.50. The van der Waals surface area contributed by atoms with E-state index < -0.39 is 0 Å². The summed E-state index contributed by atoms with van der Waals surface area (Å²) < 4.78 is 5.73. The first kappa shape index (κ1) is 21.5. The fraction of sp³-hybridized carbons (Fsp3) is 0.478. The molecule has 0 unspecified atom stereocenters. The Morgan fingerprint density at radius 2 is 1.67 bits per heavy atom. The molecular weight excluding hydrogens is 331 g/mol. The predicted octanol–water partition coefficient (Wildman–Crippen LogP) is 3.80. The van der Waals surface area contributed by atoms with Crippen molar-refractivity contribution in [3.05, 3.63) is 59.7 Å². The van der Waals surface area contributed by atoms with Gasteiger partial charge in [-0.15, -0.1) is 0 Å². The second-order valence-electron chi connectivity index (χ2n) is 7.61. The first-order chi connectivity index (χ1) is 13.0. The zero-order valence-electron chi connectivity index (χ0n) is 17.7.